The highest BCUT2D eigenvalue weighted by molar-refractivity contribution is 4.98. The molecule has 0 aromatic carbocycles. The third-order valence-corrected chi connectivity index (χ3v) is 3.49. The zero-order valence-electron chi connectivity index (χ0n) is 11.6. The van der Waals surface area contributed by atoms with Crippen LogP contribution in [0.3, 0.4) is 0 Å². The van der Waals surface area contributed by atoms with Gasteiger partial charge in [-0.25, -0.2) is 0 Å². The largest absolute Gasteiger partial charge is 0.339 e. The number of nitrogens with zero attached hydrogens (tertiary/aromatic N) is 3. The molecule has 2 unspecified atom stereocenters. The molecule has 5 nitrogen and oxygen atoms in total. The smallest absolute Gasteiger partial charge is 0.228 e. The number of nitrogens with two attached hydrogens (primary N) is 1. The molecular weight excluding hydrogens is 228 g/mol. The molecule has 2 heterocycles. The summed E-state index contributed by atoms with van der Waals surface area (Å²) in [6, 6.07) is 0.890. The summed E-state index contributed by atoms with van der Waals surface area (Å²) in [6.07, 6.45) is 4.28. The van der Waals surface area contributed by atoms with Crippen molar-refractivity contribution in [2.45, 2.75) is 64.6 Å². The molecule has 102 valence electrons. The van der Waals surface area contributed by atoms with Gasteiger partial charge in [-0.3, -0.25) is 4.90 Å². The summed E-state index contributed by atoms with van der Waals surface area (Å²) in [6.45, 7) is 7.52. The van der Waals surface area contributed by atoms with Crippen molar-refractivity contribution in [3.05, 3.63) is 11.7 Å². The minimum Gasteiger partial charge on any atom is -0.339 e. The molecule has 1 aliphatic rings. The van der Waals surface area contributed by atoms with Crippen LogP contribution >= 0.6 is 0 Å². The molecule has 2 N–H and O–H groups in total. The molecule has 1 aliphatic heterocycles. The Balaban J connectivity index is 2.10. The Labute approximate surface area is 109 Å². The molecule has 0 spiro atoms. The Morgan fingerprint density at radius 3 is 2.83 bits per heavy atom. The molecule has 1 aromatic rings. The van der Waals surface area contributed by atoms with Gasteiger partial charge in [-0.2, -0.15) is 4.98 Å². The topological polar surface area (TPSA) is 68.2 Å². The van der Waals surface area contributed by atoms with Gasteiger partial charge in [-0.1, -0.05) is 11.6 Å². The molecule has 2 rings (SSSR count). The maximum Gasteiger partial charge on any atom is 0.228 e. The van der Waals surface area contributed by atoms with Gasteiger partial charge >= 0.3 is 0 Å². The second-order valence-corrected chi connectivity index (χ2v) is 5.57. The van der Waals surface area contributed by atoms with Crippen molar-refractivity contribution < 1.29 is 4.52 Å². The number of aromatic nitrogens is 2. The van der Waals surface area contributed by atoms with E-state index in [-0.39, 0.29) is 6.04 Å². The fourth-order valence-electron chi connectivity index (χ4n) is 2.61. The number of hydrogen-bond acceptors (Lipinski definition) is 5. The Morgan fingerprint density at radius 1 is 1.39 bits per heavy atom. The summed E-state index contributed by atoms with van der Waals surface area (Å²) in [5.74, 6) is 1.49. The van der Waals surface area contributed by atoms with Gasteiger partial charge in [0.05, 0.1) is 6.04 Å². The van der Waals surface area contributed by atoms with Crippen LogP contribution in [-0.2, 0) is 6.42 Å². The number of rotatable bonds is 4. The lowest BCUT2D eigenvalue weighted by Crippen LogP contribution is -2.39. The van der Waals surface area contributed by atoms with E-state index in [4.69, 9.17) is 10.3 Å². The van der Waals surface area contributed by atoms with Gasteiger partial charge in [0.15, 0.2) is 5.82 Å². The first kappa shape index (κ1) is 13.5. The molecule has 1 saturated heterocycles. The molecule has 18 heavy (non-hydrogen) atoms. The van der Waals surface area contributed by atoms with Crippen LogP contribution in [0.1, 0.15) is 57.8 Å². The molecule has 0 amide bonds. The predicted octanol–water partition coefficient (Wildman–Crippen LogP) is 1.89. The van der Waals surface area contributed by atoms with E-state index in [1.807, 2.05) is 6.92 Å². The van der Waals surface area contributed by atoms with E-state index < -0.39 is 0 Å². The van der Waals surface area contributed by atoms with E-state index in [1.54, 1.807) is 0 Å². The quantitative estimate of drug-likeness (QED) is 0.886. The summed E-state index contributed by atoms with van der Waals surface area (Å²) in [5.41, 5.74) is 5.75. The lowest BCUT2D eigenvalue weighted by molar-refractivity contribution is 0.104. The SMILES string of the molecule is CC(N)Cc1nc(C2CCCCN2C(C)C)no1. The fraction of sp³-hybridized carbons (Fsp3) is 0.846. The van der Waals surface area contributed by atoms with E-state index in [0.29, 0.717) is 24.4 Å². The average molecular weight is 252 g/mol. The van der Waals surface area contributed by atoms with E-state index >= 15 is 0 Å². The molecule has 5 heteroatoms. The fourth-order valence-corrected chi connectivity index (χ4v) is 2.61. The Bertz CT molecular complexity index is 375. The summed E-state index contributed by atoms with van der Waals surface area (Å²) in [7, 11) is 0. The summed E-state index contributed by atoms with van der Waals surface area (Å²) >= 11 is 0. The third-order valence-electron chi connectivity index (χ3n) is 3.49. The van der Waals surface area contributed by atoms with Gasteiger partial charge in [-0.15, -0.1) is 0 Å². The maximum absolute atomic E-state index is 5.75. The summed E-state index contributed by atoms with van der Waals surface area (Å²) < 4.78 is 5.29. The molecule has 0 saturated carbocycles. The first-order chi connectivity index (χ1) is 8.58. The monoisotopic (exact) mass is 252 g/mol. The predicted molar refractivity (Wildman–Crippen MR) is 70.1 cm³/mol. The highest BCUT2D eigenvalue weighted by atomic mass is 16.5. The number of hydrogen-bond donors (Lipinski definition) is 1. The van der Waals surface area contributed by atoms with Gasteiger partial charge in [0.1, 0.15) is 0 Å². The van der Waals surface area contributed by atoms with Crippen molar-refractivity contribution in [1.29, 1.82) is 0 Å². The first-order valence-electron chi connectivity index (χ1n) is 6.91. The second kappa shape index (κ2) is 5.80. The van der Waals surface area contributed by atoms with Gasteiger partial charge in [0.25, 0.3) is 0 Å². The van der Waals surface area contributed by atoms with Gasteiger partial charge in [0, 0.05) is 18.5 Å². The van der Waals surface area contributed by atoms with E-state index in [0.717, 1.165) is 18.8 Å². The third kappa shape index (κ3) is 3.09. The van der Waals surface area contributed by atoms with Crippen molar-refractivity contribution in [1.82, 2.24) is 15.0 Å². The average Bonchev–Trinajstić information content (AvgIpc) is 2.76. The molecule has 0 bridgehead atoms. The molecule has 2 atom stereocenters. The van der Waals surface area contributed by atoms with E-state index in [1.165, 1.54) is 12.8 Å². The van der Waals surface area contributed by atoms with E-state index in [9.17, 15) is 0 Å². The van der Waals surface area contributed by atoms with Crippen LogP contribution in [0.5, 0.6) is 0 Å². The second-order valence-electron chi connectivity index (χ2n) is 5.57. The minimum absolute atomic E-state index is 0.0610. The lowest BCUT2D eigenvalue weighted by atomic mass is 10.00. The van der Waals surface area contributed by atoms with Gasteiger partial charge in [-0.05, 0) is 40.2 Å². The van der Waals surface area contributed by atoms with Crippen LogP contribution in [0.4, 0.5) is 0 Å². The van der Waals surface area contributed by atoms with Gasteiger partial charge < -0.3 is 10.3 Å². The number of likely N-dealkylation sites (tertiary alicyclic amines) is 1. The van der Waals surface area contributed by atoms with E-state index in [2.05, 4.69) is 28.9 Å². The molecule has 1 fully saturated rings. The van der Waals surface area contributed by atoms with Crippen molar-refractivity contribution in [2.75, 3.05) is 6.54 Å². The maximum atomic E-state index is 5.75. The van der Waals surface area contributed by atoms with Crippen LogP contribution in [-0.4, -0.2) is 33.7 Å². The standard InChI is InChI=1S/C13H24N4O/c1-9(2)17-7-5-4-6-11(17)13-15-12(18-16-13)8-10(3)14/h9-11H,4-8,14H2,1-3H3. The van der Waals surface area contributed by atoms with Gasteiger partial charge in [0.2, 0.25) is 5.89 Å². The van der Waals surface area contributed by atoms with Crippen molar-refractivity contribution >= 4 is 0 Å². The first-order valence-corrected chi connectivity index (χ1v) is 6.91. The Morgan fingerprint density at radius 2 is 2.17 bits per heavy atom. The lowest BCUT2D eigenvalue weighted by Gasteiger charge is -2.36. The molecule has 0 aliphatic carbocycles. The zero-order valence-corrected chi connectivity index (χ0v) is 11.6. The van der Waals surface area contributed by atoms with Crippen LogP contribution in [0.2, 0.25) is 0 Å². The normalized spacial score (nSPS) is 23.5. The zero-order chi connectivity index (χ0) is 13.1. The van der Waals surface area contributed by atoms with Crippen molar-refractivity contribution in [2.24, 2.45) is 5.73 Å². The van der Waals surface area contributed by atoms with Crippen LogP contribution in [0.15, 0.2) is 4.52 Å². The number of piperidine rings is 1. The Kier molecular flexibility index (Phi) is 4.35. The highest BCUT2D eigenvalue weighted by Crippen LogP contribution is 2.30. The Hall–Kier alpha value is -0.940. The van der Waals surface area contributed by atoms with Crippen LogP contribution in [0.25, 0.3) is 0 Å². The van der Waals surface area contributed by atoms with Crippen LogP contribution in [0, 0.1) is 0 Å². The summed E-state index contributed by atoms with van der Waals surface area (Å²) in [4.78, 5) is 6.97. The van der Waals surface area contributed by atoms with Crippen molar-refractivity contribution in [3.8, 4) is 0 Å². The van der Waals surface area contributed by atoms with Crippen LogP contribution < -0.4 is 5.73 Å². The highest BCUT2D eigenvalue weighted by Gasteiger charge is 2.29. The molecular formula is C13H24N4O. The summed E-state index contributed by atoms with van der Waals surface area (Å²) in [5, 5.41) is 4.14. The minimum atomic E-state index is 0.0610. The van der Waals surface area contributed by atoms with Crippen molar-refractivity contribution in [3.63, 3.8) is 0 Å². The molecule has 1 aromatic heterocycles. The molecule has 0 radical (unpaired) electrons.